The lowest BCUT2D eigenvalue weighted by molar-refractivity contribution is -0.117. The van der Waals surface area contributed by atoms with Gasteiger partial charge < -0.3 is 5.32 Å². The van der Waals surface area contributed by atoms with Gasteiger partial charge in [-0.1, -0.05) is 29.8 Å². The van der Waals surface area contributed by atoms with Crippen LogP contribution in [0.25, 0.3) is 11.3 Å². The van der Waals surface area contributed by atoms with Gasteiger partial charge in [0.05, 0.1) is 5.69 Å². The highest BCUT2D eigenvalue weighted by Crippen LogP contribution is 2.50. The highest BCUT2D eigenvalue weighted by atomic mass is 35.5. The van der Waals surface area contributed by atoms with Crippen LogP contribution in [0.1, 0.15) is 17.9 Å². The van der Waals surface area contributed by atoms with E-state index in [1.165, 1.54) is 11.3 Å². The number of hydrogen-bond acceptors (Lipinski definition) is 4. The molecule has 0 aliphatic heterocycles. The third-order valence-corrected chi connectivity index (χ3v) is 5.23. The van der Waals surface area contributed by atoms with Crippen molar-refractivity contribution in [2.75, 3.05) is 5.32 Å². The lowest BCUT2D eigenvalue weighted by Gasteiger charge is -2.03. The Kier molecular flexibility index (Phi) is 4.04. The molecule has 4 rings (SSSR count). The van der Waals surface area contributed by atoms with Crippen molar-refractivity contribution in [2.45, 2.75) is 12.3 Å². The van der Waals surface area contributed by atoms with Gasteiger partial charge in [0.15, 0.2) is 5.13 Å². The van der Waals surface area contributed by atoms with Crippen LogP contribution in [0.5, 0.6) is 0 Å². The van der Waals surface area contributed by atoms with Gasteiger partial charge in [-0.3, -0.25) is 9.78 Å². The van der Waals surface area contributed by atoms with E-state index >= 15 is 0 Å². The number of rotatable bonds is 4. The van der Waals surface area contributed by atoms with E-state index in [-0.39, 0.29) is 17.7 Å². The molecule has 3 aromatic rings. The quantitative estimate of drug-likeness (QED) is 0.744. The molecule has 24 heavy (non-hydrogen) atoms. The Morgan fingerprint density at radius 2 is 2.12 bits per heavy atom. The van der Waals surface area contributed by atoms with Crippen molar-refractivity contribution < 1.29 is 4.79 Å². The summed E-state index contributed by atoms with van der Waals surface area (Å²) in [5, 5.41) is 6.18. The minimum Gasteiger partial charge on any atom is -0.302 e. The highest BCUT2D eigenvalue weighted by molar-refractivity contribution is 7.14. The van der Waals surface area contributed by atoms with E-state index < -0.39 is 0 Å². The van der Waals surface area contributed by atoms with Crippen LogP contribution in [0, 0.1) is 5.92 Å². The van der Waals surface area contributed by atoms with E-state index in [1.807, 2.05) is 41.8 Å². The van der Waals surface area contributed by atoms with Crippen LogP contribution < -0.4 is 5.32 Å². The van der Waals surface area contributed by atoms with Gasteiger partial charge in [-0.2, -0.15) is 0 Å². The van der Waals surface area contributed by atoms with E-state index in [1.54, 1.807) is 12.4 Å². The van der Waals surface area contributed by atoms with Gasteiger partial charge in [0, 0.05) is 34.3 Å². The minimum absolute atomic E-state index is 0.00649. The number of aromatic nitrogens is 2. The second-order valence-electron chi connectivity index (χ2n) is 5.74. The molecule has 2 aromatic heterocycles. The Balaban J connectivity index is 1.43. The van der Waals surface area contributed by atoms with Crippen molar-refractivity contribution >= 4 is 34.0 Å². The number of pyridine rings is 1. The molecular weight excluding hydrogens is 342 g/mol. The van der Waals surface area contributed by atoms with Crippen LogP contribution >= 0.6 is 22.9 Å². The predicted molar refractivity (Wildman–Crippen MR) is 96.3 cm³/mol. The Morgan fingerprint density at radius 3 is 2.92 bits per heavy atom. The minimum atomic E-state index is -0.0318. The standard InChI is InChI=1S/C18H14ClN3OS/c19-15-6-2-1-5-12(15)13-8-14(13)17(23)22-18-21-16(10-24-18)11-4-3-7-20-9-11/h1-7,9-10,13-14H,8H2,(H,21,22,23). The molecule has 1 aliphatic carbocycles. The van der Waals surface area contributed by atoms with Crippen LogP contribution in [0.2, 0.25) is 5.02 Å². The SMILES string of the molecule is O=C(Nc1nc(-c2cccnc2)cs1)C1CC1c1ccccc1Cl. The Labute approximate surface area is 148 Å². The molecule has 4 nitrogen and oxygen atoms in total. The summed E-state index contributed by atoms with van der Waals surface area (Å²) in [6.07, 6.45) is 4.31. The number of benzene rings is 1. The van der Waals surface area contributed by atoms with Crippen LogP contribution in [0.15, 0.2) is 54.2 Å². The van der Waals surface area contributed by atoms with Crippen molar-refractivity contribution in [3.8, 4) is 11.3 Å². The predicted octanol–water partition coefficient (Wildman–Crippen LogP) is 4.60. The molecule has 0 spiro atoms. The fourth-order valence-corrected chi connectivity index (χ4v) is 3.78. The van der Waals surface area contributed by atoms with E-state index in [0.29, 0.717) is 5.13 Å². The maximum Gasteiger partial charge on any atom is 0.229 e. The van der Waals surface area contributed by atoms with E-state index in [4.69, 9.17) is 11.6 Å². The zero-order valence-corrected chi connectivity index (χ0v) is 14.2. The number of hydrogen-bond donors (Lipinski definition) is 1. The zero-order chi connectivity index (χ0) is 16.5. The van der Waals surface area contributed by atoms with Gasteiger partial charge in [0.1, 0.15) is 0 Å². The molecule has 0 bridgehead atoms. The highest BCUT2D eigenvalue weighted by Gasteiger charge is 2.45. The maximum absolute atomic E-state index is 12.4. The average Bonchev–Trinajstić information content (AvgIpc) is 3.27. The lowest BCUT2D eigenvalue weighted by Crippen LogP contribution is -2.14. The molecule has 6 heteroatoms. The van der Waals surface area contributed by atoms with Gasteiger partial charge in [0.2, 0.25) is 5.91 Å². The summed E-state index contributed by atoms with van der Waals surface area (Å²) >= 11 is 7.63. The molecule has 0 saturated heterocycles. The largest absolute Gasteiger partial charge is 0.302 e. The fraction of sp³-hybridized carbons (Fsp3) is 0.167. The monoisotopic (exact) mass is 355 g/mol. The Morgan fingerprint density at radius 1 is 1.25 bits per heavy atom. The van der Waals surface area contributed by atoms with E-state index in [0.717, 1.165) is 28.3 Å². The number of anilines is 1. The van der Waals surface area contributed by atoms with Gasteiger partial charge in [-0.25, -0.2) is 4.98 Å². The molecule has 1 fully saturated rings. The number of halogens is 1. The first-order valence-electron chi connectivity index (χ1n) is 7.63. The number of carbonyl (C=O) groups excluding carboxylic acids is 1. The number of nitrogens with one attached hydrogen (secondary N) is 1. The summed E-state index contributed by atoms with van der Waals surface area (Å²) in [6, 6.07) is 11.5. The second-order valence-corrected chi connectivity index (χ2v) is 7.00. The van der Waals surface area contributed by atoms with Crippen molar-refractivity contribution in [3.63, 3.8) is 0 Å². The van der Waals surface area contributed by atoms with Crippen LogP contribution in [0.4, 0.5) is 5.13 Å². The molecule has 0 radical (unpaired) electrons. The summed E-state index contributed by atoms with van der Waals surface area (Å²) < 4.78 is 0. The van der Waals surface area contributed by atoms with Crippen molar-refractivity contribution in [1.82, 2.24) is 9.97 Å². The zero-order valence-electron chi connectivity index (χ0n) is 12.6. The molecule has 2 atom stereocenters. The second kappa shape index (κ2) is 6.34. The summed E-state index contributed by atoms with van der Waals surface area (Å²) in [4.78, 5) is 21.0. The first kappa shape index (κ1) is 15.3. The molecule has 1 aromatic carbocycles. The smallest absolute Gasteiger partial charge is 0.229 e. The van der Waals surface area contributed by atoms with Gasteiger partial charge >= 0.3 is 0 Å². The first-order valence-corrected chi connectivity index (χ1v) is 8.89. The number of amides is 1. The molecule has 1 aliphatic rings. The third-order valence-electron chi connectivity index (χ3n) is 4.12. The number of nitrogens with zero attached hydrogens (tertiary/aromatic N) is 2. The summed E-state index contributed by atoms with van der Waals surface area (Å²) in [5.74, 6) is 0.180. The van der Waals surface area contributed by atoms with E-state index in [2.05, 4.69) is 15.3 Å². The molecule has 2 unspecified atom stereocenters. The van der Waals surface area contributed by atoms with Crippen LogP contribution in [-0.4, -0.2) is 15.9 Å². The Bertz CT molecular complexity index is 881. The van der Waals surface area contributed by atoms with Crippen molar-refractivity contribution in [1.29, 1.82) is 0 Å². The number of carbonyl (C=O) groups is 1. The molecular formula is C18H14ClN3OS. The topological polar surface area (TPSA) is 54.9 Å². The molecule has 1 N–H and O–H groups in total. The van der Waals surface area contributed by atoms with Crippen LogP contribution in [0.3, 0.4) is 0 Å². The molecule has 1 saturated carbocycles. The van der Waals surface area contributed by atoms with Crippen LogP contribution in [-0.2, 0) is 4.79 Å². The summed E-state index contributed by atoms with van der Waals surface area (Å²) in [6.45, 7) is 0. The lowest BCUT2D eigenvalue weighted by atomic mass is 10.1. The molecule has 1 amide bonds. The summed E-state index contributed by atoms with van der Waals surface area (Å²) in [5.41, 5.74) is 2.81. The van der Waals surface area contributed by atoms with Crippen molar-refractivity contribution in [3.05, 3.63) is 64.8 Å². The fourth-order valence-electron chi connectivity index (χ4n) is 2.78. The normalized spacial score (nSPS) is 19.0. The van der Waals surface area contributed by atoms with Gasteiger partial charge in [-0.05, 0) is 36.1 Å². The number of thiazole rings is 1. The van der Waals surface area contributed by atoms with Gasteiger partial charge in [0.25, 0.3) is 0 Å². The maximum atomic E-state index is 12.4. The Hall–Kier alpha value is -2.24. The van der Waals surface area contributed by atoms with E-state index in [9.17, 15) is 4.79 Å². The molecule has 120 valence electrons. The molecule has 2 heterocycles. The van der Waals surface area contributed by atoms with Crippen molar-refractivity contribution in [2.24, 2.45) is 5.92 Å². The summed E-state index contributed by atoms with van der Waals surface area (Å²) in [7, 11) is 0. The third kappa shape index (κ3) is 3.05. The first-order chi connectivity index (χ1) is 11.7. The average molecular weight is 356 g/mol. The van der Waals surface area contributed by atoms with Gasteiger partial charge in [-0.15, -0.1) is 11.3 Å².